The summed E-state index contributed by atoms with van der Waals surface area (Å²) in [4.78, 5) is 23.9. The third kappa shape index (κ3) is 3.60. The summed E-state index contributed by atoms with van der Waals surface area (Å²) in [7, 11) is 3.65. The number of anilines is 1. The summed E-state index contributed by atoms with van der Waals surface area (Å²) in [6.45, 7) is 6.65. The van der Waals surface area contributed by atoms with E-state index in [1.165, 1.54) is 11.8 Å². The molecule has 1 saturated heterocycles. The first-order chi connectivity index (χ1) is 14.4. The highest BCUT2D eigenvalue weighted by Gasteiger charge is 2.39. The van der Waals surface area contributed by atoms with Crippen LogP contribution < -0.4 is 9.64 Å². The van der Waals surface area contributed by atoms with E-state index >= 15 is 0 Å². The summed E-state index contributed by atoms with van der Waals surface area (Å²) in [6, 6.07) is 5.98. The van der Waals surface area contributed by atoms with Crippen LogP contribution in [0.1, 0.15) is 31.2 Å². The molecule has 4 rings (SSSR count). The summed E-state index contributed by atoms with van der Waals surface area (Å²) in [5.41, 5.74) is 3.58. The van der Waals surface area contributed by atoms with Gasteiger partial charge in [-0.15, -0.1) is 0 Å². The van der Waals surface area contributed by atoms with Crippen molar-refractivity contribution < 1.29 is 9.53 Å². The van der Waals surface area contributed by atoms with Gasteiger partial charge in [-0.05, 0) is 44.2 Å². The predicted molar refractivity (Wildman–Crippen MR) is 124 cm³/mol. The van der Waals surface area contributed by atoms with Crippen molar-refractivity contribution in [3.05, 3.63) is 39.5 Å². The zero-order valence-electron chi connectivity index (χ0n) is 17.8. The lowest BCUT2D eigenvalue weighted by Gasteiger charge is -2.16. The highest BCUT2D eigenvalue weighted by molar-refractivity contribution is 8.19. The number of carbonyl (C=O) groups is 1. The van der Waals surface area contributed by atoms with E-state index in [-0.39, 0.29) is 5.91 Å². The quantitative estimate of drug-likeness (QED) is 0.669. The minimum Gasteiger partial charge on any atom is -0.497 e. The first-order valence-electron chi connectivity index (χ1n) is 9.88. The van der Waals surface area contributed by atoms with Crippen molar-refractivity contribution in [1.82, 2.24) is 15.1 Å². The van der Waals surface area contributed by atoms with Gasteiger partial charge in [-0.2, -0.15) is 5.10 Å². The lowest BCUT2D eigenvalue weighted by molar-refractivity contribution is -0.122. The van der Waals surface area contributed by atoms with E-state index < -0.39 is 0 Å². The van der Waals surface area contributed by atoms with E-state index in [4.69, 9.17) is 9.73 Å². The molecule has 0 spiro atoms. The van der Waals surface area contributed by atoms with Crippen molar-refractivity contribution in [2.24, 2.45) is 4.99 Å². The van der Waals surface area contributed by atoms with Gasteiger partial charge in [0.1, 0.15) is 16.3 Å². The van der Waals surface area contributed by atoms with Crippen molar-refractivity contribution in [1.29, 1.82) is 0 Å². The van der Waals surface area contributed by atoms with Crippen molar-refractivity contribution >= 4 is 46.0 Å². The van der Waals surface area contributed by atoms with Gasteiger partial charge in [0.25, 0.3) is 5.91 Å². The highest BCUT2D eigenvalue weighted by atomic mass is 32.2. The number of nitrogens with zero attached hydrogens (tertiary/aromatic N) is 4. The van der Waals surface area contributed by atoms with Crippen LogP contribution in [0.15, 0.2) is 38.0 Å². The van der Waals surface area contributed by atoms with Crippen LogP contribution in [0.2, 0.25) is 0 Å². The number of rotatable bonds is 5. The third-order valence-corrected chi connectivity index (χ3v) is 7.56. The molecule has 0 atom stereocenters. The number of thioether (sulfide) groups is 2. The van der Waals surface area contributed by atoms with Gasteiger partial charge in [0.05, 0.1) is 29.2 Å². The minimum atomic E-state index is 0.0140. The van der Waals surface area contributed by atoms with Crippen LogP contribution >= 0.6 is 23.5 Å². The molecule has 7 nitrogen and oxygen atoms in total. The lowest BCUT2D eigenvalue weighted by atomic mass is 10.3. The van der Waals surface area contributed by atoms with Gasteiger partial charge < -0.3 is 9.64 Å². The van der Waals surface area contributed by atoms with E-state index in [2.05, 4.69) is 22.0 Å². The third-order valence-electron chi connectivity index (χ3n) is 5.13. The number of nitrogens with one attached hydrogen (secondary N) is 1. The van der Waals surface area contributed by atoms with E-state index in [0.29, 0.717) is 16.6 Å². The molecule has 2 aliphatic rings. The molecule has 0 unspecified atom stereocenters. The number of amides is 1. The SMILES string of the molecule is CCCCN1C(=O)C(=C2Sc3ccc(OC)cc3N2C)SC1=Nc1c(C)n[nH]c1C. The highest BCUT2D eigenvalue weighted by Crippen LogP contribution is 2.51. The molecule has 9 heteroatoms. The molecule has 0 bridgehead atoms. The van der Waals surface area contributed by atoms with E-state index in [1.54, 1.807) is 23.8 Å². The van der Waals surface area contributed by atoms with Gasteiger partial charge in [-0.3, -0.25) is 14.8 Å². The number of hydrogen-bond acceptors (Lipinski definition) is 7. The second-order valence-electron chi connectivity index (χ2n) is 7.22. The van der Waals surface area contributed by atoms with Crippen LogP contribution in [0.25, 0.3) is 0 Å². The molecule has 1 aromatic heterocycles. The van der Waals surface area contributed by atoms with Crippen molar-refractivity contribution in [3.63, 3.8) is 0 Å². The van der Waals surface area contributed by atoms with Crippen molar-refractivity contribution in [2.75, 3.05) is 25.6 Å². The number of amidine groups is 1. The molecule has 0 aliphatic carbocycles. The Labute approximate surface area is 185 Å². The molecule has 1 N–H and O–H groups in total. The van der Waals surface area contributed by atoms with Crippen LogP contribution in [-0.4, -0.2) is 46.9 Å². The fourth-order valence-corrected chi connectivity index (χ4v) is 5.73. The Hall–Kier alpha value is -2.39. The summed E-state index contributed by atoms with van der Waals surface area (Å²) in [5.74, 6) is 0.815. The Morgan fingerprint density at radius 2 is 2.07 bits per heavy atom. The van der Waals surface area contributed by atoms with E-state index in [1.807, 2.05) is 39.1 Å². The molecule has 1 amide bonds. The number of H-pyrrole nitrogens is 1. The van der Waals surface area contributed by atoms with Gasteiger partial charge >= 0.3 is 0 Å². The average molecular weight is 444 g/mol. The molecule has 158 valence electrons. The Bertz CT molecular complexity index is 1040. The number of benzene rings is 1. The second kappa shape index (κ2) is 8.39. The molecule has 0 radical (unpaired) electrons. The Kier molecular flexibility index (Phi) is 5.84. The van der Waals surface area contributed by atoms with Gasteiger partial charge in [0, 0.05) is 24.6 Å². The van der Waals surface area contributed by atoms with Gasteiger partial charge in [0.15, 0.2) is 5.17 Å². The number of hydrogen-bond donors (Lipinski definition) is 1. The normalized spacial score (nSPS) is 19.9. The number of aromatic nitrogens is 2. The fourth-order valence-electron chi connectivity index (χ4n) is 3.39. The van der Waals surface area contributed by atoms with Gasteiger partial charge in [0.2, 0.25) is 0 Å². The molecular formula is C21H25N5O2S2. The smallest absolute Gasteiger partial charge is 0.269 e. The summed E-state index contributed by atoms with van der Waals surface area (Å²) < 4.78 is 5.37. The average Bonchev–Trinajstić information content (AvgIpc) is 3.35. The standard InChI is InChI=1S/C21H25N5O2S2/c1-6-7-10-26-19(27)18(30-21(26)22-17-12(2)23-24-13(17)3)20-25(4)15-11-14(28-5)8-9-16(15)29-20/h8-9,11H,6-7,10H2,1-5H3,(H,23,24). The number of fused-ring (bicyclic) bond motifs is 1. The first kappa shape index (κ1) is 20.9. The maximum Gasteiger partial charge on any atom is 0.269 e. The van der Waals surface area contributed by atoms with Gasteiger partial charge in [-0.1, -0.05) is 25.1 Å². The zero-order chi connectivity index (χ0) is 21.4. The zero-order valence-corrected chi connectivity index (χ0v) is 19.4. The molecule has 30 heavy (non-hydrogen) atoms. The number of ether oxygens (including phenoxy) is 1. The predicted octanol–water partition coefficient (Wildman–Crippen LogP) is 4.81. The Balaban J connectivity index is 1.74. The van der Waals surface area contributed by atoms with Crippen molar-refractivity contribution in [3.8, 4) is 5.75 Å². The number of aliphatic imine (C=N–C) groups is 1. The molecular weight excluding hydrogens is 418 g/mol. The molecule has 2 aromatic rings. The molecule has 3 heterocycles. The molecule has 2 aliphatic heterocycles. The maximum atomic E-state index is 13.4. The fraction of sp³-hybridized carbons (Fsp3) is 0.381. The van der Waals surface area contributed by atoms with Crippen molar-refractivity contribution in [2.45, 2.75) is 38.5 Å². The minimum absolute atomic E-state index is 0.0140. The van der Waals surface area contributed by atoms with Crippen LogP contribution in [0.3, 0.4) is 0 Å². The number of methoxy groups -OCH3 is 1. The Morgan fingerprint density at radius 1 is 1.27 bits per heavy atom. The maximum absolute atomic E-state index is 13.4. The van der Waals surface area contributed by atoms with Crippen LogP contribution in [-0.2, 0) is 4.79 Å². The number of unbranched alkanes of at least 4 members (excludes halogenated alkanes) is 1. The summed E-state index contributed by atoms with van der Waals surface area (Å²) in [5, 5.41) is 8.85. The number of aryl methyl sites for hydroxylation is 2. The lowest BCUT2D eigenvalue weighted by Crippen LogP contribution is -2.30. The van der Waals surface area contributed by atoms with Crippen LogP contribution in [0, 0.1) is 13.8 Å². The van der Waals surface area contributed by atoms with E-state index in [0.717, 1.165) is 51.3 Å². The molecule has 0 saturated carbocycles. The summed E-state index contributed by atoms with van der Waals surface area (Å²) >= 11 is 3.06. The second-order valence-corrected chi connectivity index (χ2v) is 9.23. The van der Waals surface area contributed by atoms with Crippen LogP contribution in [0.4, 0.5) is 11.4 Å². The van der Waals surface area contributed by atoms with Gasteiger partial charge in [-0.25, -0.2) is 4.99 Å². The van der Waals surface area contributed by atoms with E-state index in [9.17, 15) is 4.79 Å². The van der Waals surface area contributed by atoms with Crippen LogP contribution in [0.5, 0.6) is 5.75 Å². The number of aromatic amines is 1. The summed E-state index contributed by atoms with van der Waals surface area (Å²) in [6.07, 6.45) is 1.94. The monoisotopic (exact) mass is 443 g/mol. The molecule has 1 fully saturated rings. The largest absolute Gasteiger partial charge is 0.497 e. The Morgan fingerprint density at radius 3 is 2.73 bits per heavy atom. The topological polar surface area (TPSA) is 73.8 Å². The molecule has 1 aromatic carbocycles. The number of carbonyl (C=O) groups excluding carboxylic acids is 1. The first-order valence-corrected chi connectivity index (χ1v) is 11.5.